The number of hydrogen-bond acceptors (Lipinski definition) is 3. The van der Waals surface area contributed by atoms with Crippen molar-refractivity contribution in [3.63, 3.8) is 0 Å². The van der Waals surface area contributed by atoms with Crippen LogP contribution in [0.5, 0.6) is 0 Å². The minimum Gasteiger partial charge on any atom is -0.366 e. The van der Waals surface area contributed by atoms with E-state index in [9.17, 15) is 13.2 Å². The zero-order valence-corrected chi connectivity index (χ0v) is 6.67. The van der Waals surface area contributed by atoms with Gasteiger partial charge in [0.05, 0.1) is 5.25 Å². The van der Waals surface area contributed by atoms with Gasteiger partial charge in [0.1, 0.15) is 0 Å². The van der Waals surface area contributed by atoms with Crippen LogP contribution in [0.15, 0.2) is 11.5 Å². The lowest BCUT2D eigenvalue weighted by Gasteiger charge is -1.90. The first kappa shape index (κ1) is 8.26. The molecule has 5 heteroatoms. The molecular formula is C6H9NO3S. The number of carbonyl (C=O) groups excluding carboxylic acids is 1. The maximum Gasteiger partial charge on any atom is 0.242 e. The van der Waals surface area contributed by atoms with Crippen molar-refractivity contribution < 1.29 is 13.2 Å². The van der Waals surface area contributed by atoms with Crippen LogP contribution in [0.2, 0.25) is 0 Å². The molecule has 11 heavy (non-hydrogen) atoms. The lowest BCUT2D eigenvalue weighted by Crippen LogP contribution is -2.08. The highest BCUT2D eigenvalue weighted by Crippen LogP contribution is 2.29. The van der Waals surface area contributed by atoms with Gasteiger partial charge in [0.15, 0.2) is 9.84 Å². The van der Waals surface area contributed by atoms with Gasteiger partial charge in [-0.25, -0.2) is 8.42 Å². The van der Waals surface area contributed by atoms with Crippen LogP contribution in [-0.2, 0) is 14.6 Å². The van der Waals surface area contributed by atoms with Crippen LogP contribution in [0, 0.1) is 0 Å². The molecule has 1 fully saturated rings. The second-order valence-corrected chi connectivity index (χ2v) is 4.61. The van der Waals surface area contributed by atoms with E-state index in [-0.39, 0.29) is 5.25 Å². The maximum absolute atomic E-state index is 11.0. The molecule has 0 aromatic carbocycles. The molecule has 1 rings (SSSR count). The molecular weight excluding hydrogens is 166 g/mol. The summed E-state index contributed by atoms with van der Waals surface area (Å²) in [5.41, 5.74) is 4.73. The number of primary amides is 1. The van der Waals surface area contributed by atoms with Gasteiger partial charge in [0, 0.05) is 11.5 Å². The molecule has 0 heterocycles. The summed E-state index contributed by atoms with van der Waals surface area (Å²) in [6, 6.07) is 0. The minimum absolute atomic E-state index is 0.266. The maximum atomic E-state index is 11.0. The largest absolute Gasteiger partial charge is 0.366 e. The standard InChI is InChI=1S/C6H9NO3S/c7-6(8)3-4-11(9,10)5-1-2-5/h3-5H,1-2H2,(H2,7,8). The molecule has 2 N–H and O–H groups in total. The molecule has 0 spiro atoms. The van der Waals surface area contributed by atoms with Crippen molar-refractivity contribution in [2.24, 2.45) is 5.73 Å². The van der Waals surface area contributed by atoms with Gasteiger partial charge in [-0.05, 0) is 12.8 Å². The average molecular weight is 175 g/mol. The van der Waals surface area contributed by atoms with E-state index in [0.717, 1.165) is 11.5 Å². The summed E-state index contributed by atoms with van der Waals surface area (Å²) in [6.07, 6.45) is 2.28. The highest BCUT2D eigenvalue weighted by molar-refractivity contribution is 7.95. The lowest BCUT2D eigenvalue weighted by molar-refractivity contribution is -0.113. The van der Waals surface area contributed by atoms with Crippen molar-refractivity contribution >= 4 is 15.7 Å². The predicted octanol–water partition coefficient (Wildman–Crippen LogP) is -0.437. The van der Waals surface area contributed by atoms with Gasteiger partial charge in [0.2, 0.25) is 5.91 Å². The van der Waals surface area contributed by atoms with Gasteiger partial charge in [-0.15, -0.1) is 0 Å². The Labute approximate surface area is 65.0 Å². The Balaban J connectivity index is 2.67. The fourth-order valence-corrected chi connectivity index (χ4v) is 2.01. The molecule has 0 atom stereocenters. The van der Waals surface area contributed by atoms with Gasteiger partial charge in [-0.1, -0.05) is 0 Å². The van der Waals surface area contributed by atoms with Gasteiger partial charge in [-0.3, -0.25) is 4.79 Å². The first-order valence-corrected chi connectivity index (χ1v) is 4.85. The van der Waals surface area contributed by atoms with Crippen molar-refractivity contribution in [2.45, 2.75) is 18.1 Å². The summed E-state index contributed by atoms with van der Waals surface area (Å²) in [4.78, 5) is 10.2. The molecule has 0 aliphatic heterocycles. The van der Waals surface area contributed by atoms with Crippen molar-refractivity contribution in [1.82, 2.24) is 0 Å². The first-order valence-electron chi connectivity index (χ1n) is 3.24. The fraction of sp³-hybridized carbons (Fsp3) is 0.500. The van der Waals surface area contributed by atoms with E-state index < -0.39 is 15.7 Å². The zero-order chi connectivity index (χ0) is 8.48. The van der Waals surface area contributed by atoms with E-state index in [4.69, 9.17) is 5.73 Å². The number of hydrogen-bond donors (Lipinski definition) is 1. The second kappa shape index (κ2) is 2.65. The van der Waals surface area contributed by atoms with Crippen LogP contribution in [0.1, 0.15) is 12.8 Å². The lowest BCUT2D eigenvalue weighted by atomic mass is 10.6. The molecule has 0 bridgehead atoms. The molecule has 0 radical (unpaired) electrons. The van der Waals surface area contributed by atoms with Crippen molar-refractivity contribution in [1.29, 1.82) is 0 Å². The molecule has 1 saturated carbocycles. The summed E-state index contributed by atoms with van der Waals surface area (Å²) in [5.74, 6) is -0.728. The summed E-state index contributed by atoms with van der Waals surface area (Å²) in [7, 11) is -3.16. The molecule has 1 amide bonds. The monoisotopic (exact) mass is 175 g/mol. The topological polar surface area (TPSA) is 77.2 Å². The molecule has 1 aliphatic carbocycles. The number of sulfone groups is 1. The summed E-state index contributed by atoms with van der Waals surface area (Å²) < 4.78 is 22.0. The third kappa shape index (κ3) is 2.34. The van der Waals surface area contributed by atoms with E-state index in [1.807, 2.05) is 0 Å². The fourth-order valence-electron chi connectivity index (χ4n) is 0.670. The highest BCUT2D eigenvalue weighted by Gasteiger charge is 2.33. The summed E-state index contributed by atoms with van der Waals surface area (Å²) in [6.45, 7) is 0. The minimum atomic E-state index is -3.16. The van der Waals surface area contributed by atoms with Crippen molar-refractivity contribution in [3.05, 3.63) is 11.5 Å². The van der Waals surface area contributed by atoms with Crippen LogP contribution < -0.4 is 5.73 Å². The molecule has 0 unspecified atom stereocenters. The normalized spacial score (nSPS) is 18.9. The molecule has 0 saturated heterocycles. The third-order valence-corrected chi connectivity index (χ3v) is 3.33. The Morgan fingerprint density at radius 3 is 2.36 bits per heavy atom. The summed E-state index contributed by atoms with van der Waals surface area (Å²) >= 11 is 0. The van der Waals surface area contributed by atoms with E-state index in [1.165, 1.54) is 0 Å². The van der Waals surface area contributed by atoms with Gasteiger partial charge in [-0.2, -0.15) is 0 Å². The van der Waals surface area contributed by atoms with Crippen molar-refractivity contribution in [3.8, 4) is 0 Å². The van der Waals surface area contributed by atoms with Crippen LogP contribution in [-0.4, -0.2) is 19.6 Å². The van der Waals surface area contributed by atoms with Gasteiger partial charge in [0.25, 0.3) is 0 Å². The number of rotatable bonds is 3. The number of nitrogens with two attached hydrogens (primary N) is 1. The van der Waals surface area contributed by atoms with Gasteiger partial charge < -0.3 is 5.73 Å². The van der Waals surface area contributed by atoms with Crippen LogP contribution in [0.4, 0.5) is 0 Å². The summed E-state index contributed by atoms with van der Waals surface area (Å²) in [5, 5.41) is 0.630. The molecule has 4 nitrogen and oxygen atoms in total. The first-order chi connectivity index (χ1) is 5.02. The Morgan fingerprint density at radius 2 is 2.00 bits per heavy atom. The van der Waals surface area contributed by atoms with Gasteiger partial charge >= 0.3 is 0 Å². The average Bonchev–Trinajstić information content (AvgIpc) is 2.64. The Kier molecular flexibility index (Phi) is 1.99. The SMILES string of the molecule is NC(=O)C=CS(=O)(=O)C1CC1. The molecule has 0 aromatic heterocycles. The number of carbonyl (C=O) groups is 1. The highest BCUT2D eigenvalue weighted by atomic mass is 32.2. The third-order valence-electron chi connectivity index (χ3n) is 1.41. The van der Waals surface area contributed by atoms with Crippen LogP contribution >= 0.6 is 0 Å². The second-order valence-electron chi connectivity index (χ2n) is 2.49. The van der Waals surface area contributed by atoms with Crippen LogP contribution in [0.3, 0.4) is 0 Å². The Morgan fingerprint density at radius 1 is 1.45 bits per heavy atom. The quantitative estimate of drug-likeness (QED) is 0.591. The Bertz CT molecular complexity index is 287. The molecule has 62 valence electrons. The van der Waals surface area contributed by atoms with E-state index in [0.29, 0.717) is 12.8 Å². The Hall–Kier alpha value is -0.840. The van der Waals surface area contributed by atoms with Crippen LogP contribution in [0.25, 0.3) is 0 Å². The van der Waals surface area contributed by atoms with E-state index in [2.05, 4.69) is 0 Å². The smallest absolute Gasteiger partial charge is 0.242 e. The number of amides is 1. The van der Waals surface area contributed by atoms with Crippen molar-refractivity contribution in [2.75, 3.05) is 0 Å². The zero-order valence-electron chi connectivity index (χ0n) is 5.86. The van der Waals surface area contributed by atoms with E-state index in [1.54, 1.807) is 0 Å². The predicted molar refractivity (Wildman–Crippen MR) is 40.3 cm³/mol. The molecule has 0 aromatic rings. The molecule has 1 aliphatic rings. The van der Waals surface area contributed by atoms with E-state index >= 15 is 0 Å².